The molecule has 0 bridgehead atoms. The Bertz CT molecular complexity index is 1160. The molecule has 0 aliphatic carbocycles. The molecule has 5 rings (SSSR count). The lowest BCUT2D eigenvalue weighted by Gasteiger charge is -2.57. The van der Waals surface area contributed by atoms with Crippen molar-refractivity contribution in [1.82, 2.24) is 19.8 Å². The van der Waals surface area contributed by atoms with Gasteiger partial charge in [0.25, 0.3) is 0 Å². The van der Waals surface area contributed by atoms with E-state index >= 15 is 0 Å². The minimum atomic E-state index is -0.303. The van der Waals surface area contributed by atoms with Gasteiger partial charge in [0.05, 0.1) is 12.2 Å². The van der Waals surface area contributed by atoms with Gasteiger partial charge in [0.1, 0.15) is 12.1 Å². The molecule has 2 fully saturated rings. The smallest absolute Gasteiger partial charge is 0.138 e. The van der Waals surface area contributed by atoms with Crippen molar-refractivity contribution in [2.24, 2.45) is 0 Å². The molecule has 3 aromatic rings. The zero-order chi connectivity index (χ0) is 23.3. The molecule has 0 unspecified atom stereocenters. The van der Waals surface area contributed by atoms with Gasteiger partial charge in [-0.3, -0.25) is 9.80 Å². The monoisotopic (exact) mass is 456 g/mol. The number of hydrogen-bond acceptors (Lipinski definition) is 5. The average Bonchev–Trinajstić information content (AvgIpc) is 2.85. The van der Waals surface area contributed by atoms with E-state index in [0.29, 0.717) is 11.6 Å². The fraction of sp³-hybridized carbons (Fsp3) is 0.357. The van der Waals surface area contributed by atoms with E-state index in [-0.39, 0.29) is 24.4 Å². The van der Waals surface area contributed by atoms with E-state index in [0.717, 1.165) is 50.1 Å². The minimum absolute atomic E-state index is 0.139. The average molecular weight is 457 g/mol. The van der Waals surface area contributed by atoms with Crippen LogP contribution in [0.1, 0.15) is 41.0 Å². The van der Waals surface area contributed by atoms with Crippen LogP contribution in [0.4, 0.5) is 4.39 Å². The maximum Gasteiger partial charge on any atom is 0.138 e. The molecule has 0 spiro atoms. The third-order valence-electron chi connectivity index (χ3n) is 6.99. The van der Waals surface area contributed by atoms with Crippen molar-refractivity contribution in [1.29, 1.82) is 0 Å². The Hall–Kier alpha value is -3.11. The molecule has 0 radical (unpaired) electrons. The molecular weight excluding hydrogens is 427 g/mol. The molecular formula is C28H29FN4O. The summed E-state index contributed by atoms with van der Waals surface area (Å²) in [5, 5.41) is 10.2. The van der Waals surface area contributed by atoms with Crippen LogP contribution in [-0.2, 0) is 6.54 Å². The number of fused-ring (bicyclic) bond motifs is 1. The van der Waals surface area contributed by atoms with Crippen LogP contribution >= 0.6 is 0 Å². The molecule has 2 aliphatic heterocycles. The lowest BCUT2D eigenvalue weighted by molar-refractivity contribution is -0.0655. The maximum absolute atomic E-state index is 13.8. The third-order valence-corrected chi connectivity index (χ3v) is 6.99. The molecule has 5 nitrogen and oxygen atoms in total. The van der Waals surface area contributed by atoms with Crippen molar-refractivity contribution in [2.75, 3.05) is 26.2 Å². The predicted octanol–water partition coefficient (Wildman–Crippen LogP) is 3.44. The highest BCUT2D eigenvalue weighted by Gasteiger charge is 2.48. The second-order valence-corrected chi connectivity index (χ2v) is 9.12. The summed E-state index contributed by atoms with van der Waals surface area (Å²) >= 11 is 0. The third kappa shape index (κ3) is 4.88. The van der Waals surface area contributed by atoms with E-state index in [2.05, 4.69) is 43.7 Å². The molecule has 0 amide bonds. The van der Waals surface area contributed by atoms with Crippen molar-refractivity contribution < 1.29 is 9.50 Å². The molecule has 3 heterocycles. The van der Waals surface area contributed by atoms with Gasteiger partial charge in [0.2, 0.25) is 0 Å². The van der Waals surface area contributed by atoms with E-state index < -0.39 is 0 Å². The normalized spacial score (nSPS) is 23.1. The van der Waals surface area contributed by atoms with E-state index in [1.54, 1.807) is 24.5 Å². The van der Waals surface area contributed by atoms with Crippen LogP contribution < -0.4 is 0 Å². The van der Waals surface area contributed by atoms with E-state index in [1.165, 1.54) is 11.6 Å². The first-order chi connectivity index (χ1) is 16.7. The summed E-state index contributed by atoms with van der Waals surface area (Å²) in [4.78, 5) is 13.3. The quantitative estimate of drug-likeness (QED) is 0.610. The summed E-state index contributed by atoms with van der Waals surface area (Å²) in [6.07, 6.45) is 7.62. The summed E-state index contributed by atoms with van der Waals surface area (Å²) in [7, 11) is 0. The van der Waals surface area contributed by atoms with Crippen LogP contribution in [0.15, 0.2) is 67.3 Å². The van der Waals surface area contributed by atoms with Gasteiger partial charge >= 0.3 is 0 Å². The fourth-order valence-corrected chi connectivity index (χ4v) is 5.32. The second-order valence-electron chi connectivity index (χ2n) is 9.12. The number of benzene rings is 2. The van der Waals surface area contributed by atoms with Gasteiger partial charge in [-0.2, -0.15) is 0 Å². The number of halogens is 1. The first kappa shape index (κ1) is 22.7. The van der Waals surface area contributed by atoms with Crippen LogP contribution in [0.5, 0.6) is 0 Å². The Morgan fingerprint density at radius 2 is 1.74 bits per heavy atom. The SMILES string of the molecule is OC[C@@H]1[C@H](c2ccc(C#Cc3ccccc3F)cc2)[C@@H]2CN(Cc3cncnc3)CCCCN12. The number of nitrogens with zero attached hydrogens (tertiary/aromatic N) is 4. The van der Waals surface area contributed by atoms with Crippen molar-refractivity contribution in [3.05, 3.63) is 95.3 Å². The predicted molar refractivity (Wildman–Crippen MR) is 129 cm³/mol. The molecule has 6 heteroatoms. The minimum Gasteiger partial charge on any atom is -0.395 e. The molecule has 2 aliphatic rings. The Kier molecular flexibility index (Phi) is 6.96. The zero-order valence-corrected chi connectivity index (χ0v) is 19.1. The Balaban J connectivity index is 1.33. The molecule has 174 valence electrons. The van der Waals surface area contributed by atoms with Crippen molar-refractivity contribution in [3.63, 3.8) is 0 Å². The van der Waals surface area contributed by atoms with Crippen LogP contribution in [0.25, 0.3) is 0 Å². The molecule has 1 aromatic heterocycles. The van der Waals surface area contributed by atoms with Gasteiger partial charge in [-0.25, -0.2) is 14.4 Å². The number of rotatable bonds is 4. The summed E-state index contributed by atoms with van der Waals surface area (Å²) in [6.45, 7) is 4.03. The molecule has 3 atom stereocenters. The van der Waals surface area contributed by atoms with Gasteiger partial charge < -0.3 is 5.11 Å². The second kappa shape index (κ2) is 10.4. The maximum atomic E-state index is 13.8. The summed E-state index contributed by atoms with van der Waals surface area (Å²) in [6, 6.07) is 15.3. The Morgan fingerprint density at radius 3 is 2.50 bits per heavy atom. The van der Waals surface area contributed by atoms with Gasteiger partial charge in [-0.15, -0.1) is 0 Å². The van der Waals surface area contributed by atoms with E-state index in [9.17, 15) is 9.50 Å². The lowest BCUT2D eigenvalue weighted by atomic mass is 9.74. The molecule has 0 saturated carbocycles. The fourth-order valence-electron chi connectivity index (χ4n) is 5.32. The molecule has 2 aromatic carbocycles. The standard InChI is InChI=1S/C28H29FN4O/c29-25-6-2-1-5-23(25)10-7-21-8-11-24(12-9-21)28-26-18-32(17-22-15-30-20-31-16-22)13-3-4-14-33(26)27(28)19-34/h1-2,5-6,8-9,11-12,15-16,20,26-28,34H,3-4,13-14,17-19H2/t26-,27+,28+/m0/s1. The van der Waals surface area contributed by atoms with Gasteiger partial charge in [0.15, 0.2) is 0 Å². The largest absolute Gasteiger partial charge is 0.395 e. The highest BCUT2D eigenvalue weighted by Crippen LogP contribution is 2.42. The van der Waals surface area contributed by atoms with Crippen LogP contribution in [0, 0.1) is 17.7 Å². The van der Waals surface area contributed by atoms with Gasteiger partial charge in [-0.05, 0) is 55.8 Å². The Labute approximate surface area is 200 Å². The van der Waals surface area contributed by atoms with Crippen LogP contribution in [0.2, 0.25) is 0 Å². The Morgan fingerprint density at radius 1 is 0.971 bits per heavy atom. The first-order valence-electron chi connectivity index (χ1n) is 11.9. The molecule has 1 N–H and O–H groups in total. The van der Waals surface area contributed by atoms with E-state index in [4.69, 9.17) is 0 Å². The van der Waals surface area contributed by atoms with Crippen molar-refractivity contribution in [2.45, 2.75) is 37.4 Å². The molecule has 34 heavy (non-hydrogen) atoms. The number of aliphatic hydroxyl groups is 1. The summed E-state index contributed by atoms with van der Waals surface area (Å²) in [5.74, 6) is 5.96. The van der Waals surface area contributed by atoms with Gasteiger partial charge in [0, 0.05) is 54.6 Å². The zero-order valence-electron chi connectivity index (χ0n) is 19.1. The highest BCUT2D eigenvalue weighted by atomic mass is 19.1. The first-order valence-corrected chi connectivity index (χ1v) is 11.9. The topological polar surface area (TPSA) is 52.5 Å². The van der Waals surface area contributed by atoms with Crippen molar-refractivity contribution >= 4 is 0 Å². The summed E-state index contributed by atoms with van der Waals surface area (Å²) in [5.41, 5.74) is 3.61. The van der Waals surface area contributed by atoms with Gasteiger partial charge in [-0.1, -0.05) is 36.1 Å². The van der Waals surface area contributed by atoms with Crippen molar-refractivity contribution in [3.8, 4) is 11.8 Å². The molecule has 2 saturated heterocycles. The van der Waals surface area contributed by atoms with Crippen LogP contribution in [0.3, 0.4) is 0 Å². The number of aromatic nitrogens is 2. The summed E-state index contributed by atoms with van der Waals surface area (Å²) < 4.78 is 13.8. The van der Waals surface area contributed by atoms with Crippen LogP contribution in [-0.4, -0.2) is 63.2 Å². The lowest BCUT2D eigenvalue weighted by Crippen LogP contribution is -2.67. The number of hydrogen-bond donors (Lipinski definition) is 1. The number of aliphatic hydroxyl groups excluding tert-OH is 1. The van der Waals surface area contributed by atoms with E-state index in [1.807, 2.05) is 24.5 Å². The highest BCUT2D eigenvalue weighted by molar-refractivity contribution is 5.44.